The number of hydrogen-bond acceptors (Lipinski definition) is 4. The van der Waals surface area contributed by atoms with Crippen LogP contribution in [0, 0.1) is 6.57 Å². The predicted molar refractivity (Wildman–Crippen MR) is 84.4 cm³/mol. The van der Waals surface area contributed by atoms with Gasteiger partial charge in [-0.3, -0.25) is 0 Å². The molecule has 0 amide bonds. The number of halogens is 2. The standard InChI is InChI=1S/C15H10BrClN2O3/c1-18-12-4-5-13(19-14(12)17)22-9-2-3-11(16)10(8-9)15-20-6-7-21-15/h2-5,8,15H,6-7H2. The quantitative estimate of drug-likeness (QED) is 0.561. The van der Waals surface area contributed by atoms with Gasteiger partial charge in [0.25, 0.3) is 0 Å². The summed E-state index contributed by atoms with van der Waals surface area (Å²) < 4.78 is 17.6. The molecule has 1 aliphatic heterocycles. The highest BCUT2D eigenvalue weighted by Crippen LogP contribution is 2.34. The largest absolute Gasteiger partial charge is 0.439 e. The first kappa shape index (κ1) is 15.3. The summed E-state index contributed by atoms with van der Waals surface area (Å²) in [5.41, 5.74) is 1.14. The van der Waals surface area contributed by atoms with Crippen LogP contribution in [-0.2, 0) is 9.47 Å². The molecule has 2 aromatic rings. The van der Waals surface area contributed by atoms with Gasteiger partial charge in [-0.1, -0.05) is 27.5 Å². The lowest BCUT2D eigenvalue weighted by molar-refractivity contribution is -0.0447. The molecule has 0 spiro atoms. The molecule has 1 aromatic carbocycles. The van der Waals surface area contributed by atoms with E-state index in [1.54, 1.807) is 18.2 Å². The zero-order valence-electron chi connectivity index (χ0n) is 11.3. The molecule has 0 N–H and O–H groups in total. The SMILES string of the molecule is [C-]#[N+]c1ccc(Oc2ccc(Br)c(C3OCCO3)c2)nc1Cl. The number of rotatable bonds is 3. The van der Waals surface area contributed by atoms with Gasteiger partial charge in [-0.15, -0.1) is 0 Å². The second kappa shape index (κ2) is 6.63. The lowest BCUT2D eigenvalue weighted by Crippen LogP contribution is -2.00. The molecule has 2 heterocycles. The highest BCUT2D eigenvalue weighted by Gasteiger charge is 2.21. The summed E-state index contributed by atoms with van der Waals surface area (Å²) in [7, 11) is 0. The lowest BCUT2D eigenvalue weighted by Gasteiger charge is -2.13. The van der Waals surface area contributed by atoms with Gasteiger partial charge in [-0.25, -0.2) is 9.83 Å². The zero-order valence-corrected chi connectivity index (χ0v) is 13.6. The third-order valence-corrected chi connectivity index (χ3v) is 3.99. The Bertz CT molecular complexity index is 742. The maximum Gasteiger partial charge on any atom is 0.223 e. The van der Waals surface area contributed by atoms with E-state index in [0.717, 1.165) is 10.0 Å². The molecule has 1 aromatic heterocycles. The van der Waals surface area contributed by atoms with Crippen molar-refractivity contribution in [2.24, 2.45) is 0 Å². The molecule has 7 heteroatoms. The van der Waals surface area contributed by atoms with Gasteiger partial charge in [0.15, 0.2) is 6.29 Å². The highest BCUT2D eigenvalue weighted by molar-refractivity contribution is 9.10. The van der Waals surface area contributed by atoms with E-state index in [4.69, 9.17) is 32.4 Å². The molecule has 3 rings (SSSR count). The summed E-state index contributed by atoms with van der Waals surface area (Å²) in [4.78, 5) is 7.30. The smallest absolute Gasteiger partial charge is 0.223 e. The Morgan fingerprint density at radius 3 is 2.73 bits per heavy atom. The monoisotopic (exact) mass is 380 g/mol. The summed E-state index contributed by atoms with van der Waals surface area (Å²) in [5.74, 6) is 0.898. The normalized spacial score (nSPS) is 14.8. The van der Waals surface area contributed by atoms with Crippen LogP contribution in [0.25, 0.3) is 4.85 Å². The average Bonchev–Trinajstić information content (AvgIpc) is 3.03. The first-order chi connectivity index (χ1) is 10.7. The Morgan fingerprint density at radius 2 is 2.05 bits per heavy atom. The van der Waals surface area contributed by atoms with Gasteiger partial charge in [-0.2, -0.15) is 0 Å². The third kappa shape index (κ3) is 3.23. The van der Waals surface area contributed by atoms with E-state index in [1.165, 1.54) is 0 Å². The van der Waals surface area contributed by atoms with Crippen molar-refractivity contribution in [3.05, 3.63) is 56.9 Å². The van der Waals surface area contributed by atoms with Gasteiger partial charge >= 0.3 is 0 Å². The van der Waals surface area contributed by atoms with Crippen molar-refractivity contribution in [2.75, 3.05) is 13.2 Å². The van der Waals surface area contributed by atoms with Gasteiger partial charge in [0.1, 0.15) is 10.9 Å². The van der Waals surface area contributed by atoms with E-state index < -0.39 is 6.29 Å². The van der Waals surface area contributed by atoms with Gasteiger partial charge in [0, 0.05) is 10.0 Å². The maximum absolute atomic E-state index is 6.95. The summed E-state index contributed by atoms with van der Waals surface area (Å²) in [6, 6.07) is 8.63. The fraction of sp³-hybridized carbons (Fsp3) is 0.200. The molecular formula is C15H10BrClN2O3. The van der Waals surface area contributed by atoms with Crippen LogP contribution in [0.4, 0.5) is 5.69 Å². The topological polar surface area (TPSA) is 44.9 Å². The molecule has 0 radical (unpaired) electrons. The fourth-order valence-electron chi connectivity index (χ4n) is 1.98. The lowest BCUT2D eigenvalue weighted by atomic mass is 10.2. The molecule has 0 atom stereocenters. The van der Waals surface area contributed by atoms with E-state index in [1.807, 2.05) is 12.1 Å². The van der Waals surface area contributed by atoms with Crippen molar-refractivity contribution in [2.45, 2.75) is 6.29 Å². The Morgan fingerprint density at radius 1 is 1.27 bits per heavy atom. The number of nitrogens with zero attached hydrogens (tertiary/aromatic N) is 2. The first-order valence-electron chi connectivity index (χ1n) is 6.42. The van der Waals surface area contributed by atoms with Crippen LogP contribution in [0.2, 0.25) is 5.15 Å². The van der Waals surface area contributed by atoms with Crippen LogP contribution in [0.15, 0.2) is 34.8 Å². The second-order valence-corrected chi connectivity index (χ2v) is 5.64. The zero-order chi connectivity index (χ0) is 15.5. The van der Waals surface area contributed by atoms with E-state index in [0.29, 0.717) is 30.5 Å². The molecule has 22 heavy (non-hydrogen) atoms. The molecule has 1 fully saturated rings. The minimum Gasteiger partial charge on any atom is -0.439 e. The molecule has 0 aliphatic carbocycles. The number of hydrogen-bond donors (Lipinski definition) is 0. The summed E-state index contributed by atoms with van der Waals surface area (Å²) in [6.07, 6.45) is -0.404. The maximum atomic E-state index is 6.95. The minimum absolute atomic E-state index is 0.118. The molecule has 0 unspecified atom stereocenters. The fourth-order valence-corrected chi connectivity index (χ4v) is 2.60. The Balaban J connectivity index is 1.85. The molecule has 112 valence electrons. The number of pyridine rings is 1. The predicted octanol–water partition coefficient (Wildman–Crippen LogP) is 4.89. The van der Waals surface area contributed by atoms with E-state index >= 15 is 0 Å². The molecular weight excluding hydrogens is 372 g/mol. The summed E-state index contributed by atoms with van der Waals surface area (Å²) >= 11 is 9.37. The van der Waals surface area contributed by atoms with Gasteiger partial charge in [-0.05, 0) is 30.3 Å². The van der Waals surface area contributed by atoms with Crippen LogP contribution < -0.4 is 4.74 Å². The highest BCUT2D eigenvalue weighted by atomic mass is 79.9. The van der Waals surface area contributed by atoms with Crippen molar-refractivity contribution in [1.29, 1.82) is 0 Å². The van der Waals surface area contributed by atoms with Crippen molar-refractivity contribution < 1.29 is 14.2 Å². The van der Waals surface area contributed by atoms with E-state index in [9.17, 15) is 0 Å². The minimum atomic E-state index is -0.404. The third-order valence-electron chi connectivity index (χ3n) is 2.99. The van der Waals surface area contributed by atoms with Crippen LogP contribution >= 0.6 is 27.5 Å². The number of benzene rings is 1. The van der Waals surface area contributed by atoms with Crippen molar-refractivity contribution in [1.82, 2.24) is 4.98 Å². The van der Waals surface area contributed by atoms with Crippen LogP contribution in [0.1, 0.15) is 11.9 Å². The van der Waals surface area contributed by atoms with Crippen molar-refractivity contribution in [3.8, 4) is 11.6 Å². The molecule has 1 aliphatic rings. The Labute approximate surface area is 140 Å². The number of ether oxygens (including phenoxy) is 3. The average molecular weight is 382 g/mol. The van der Waals surface area contributed by atoms with E-state index in [2.05, 4.69) is 25.8 Å². The van der Waals surface area contributed by atoms with Crippen molar-refractivity contribution >= 4 is 33.2 Å². The van der Waals surface area contributed by atoms with Crippen LogP contribution in [0.5, 0.6) is 11.6 Å². The van der Waals surface area contributed by atoms with Crippen LogP contribution in [0.3, 0.4) is 0 Å². The molecule has 0 bridgehead atoms. The summed E-state index contributed by atoms with van der Waals surface area (Å²) in [5, 5.41) is 0.118. The van der Waals surface area contributed by atoms with Crippen molar-refractivity contribution in [3.63, 3.8) is 0 Å². The Kier molecular flexibility index (Phi) is 4.60. The molecule has 5 nitrogen and oxygen atoms in total. The summed E-state index contributed by atoms with van der Waals surface area (Å²) in [6.45, 7) is 8.08. The van der Waals surface area contributed by atoms with Gasteiger partial charge < -0.3 is 14.2 Å². The van der Waals surface area contributed by atoms with Crippen LogP contribution in [-0.4, -0.2) is 18.2 Å². The van der Waals surface area contributed by atoms with Gasteiger partial charge in [0.05, 0.1) is 19.8 Å². The second-order valence-electron chi connectivity index (χ2n) is 4.43. The number of aromatic nitrogens is 1. The van der Waals surface area contributed by atoms with E-state index in [-0.39, 0.29) is 5.15 Å². The Hall–Kier alpha value is -1.65. The first-order valence-corrected chi connectivity index (χ1v) is 7.59. The molecule has 0 saturated carbocycles. The van der Waals surface area contributed by atoms with Gasteiger partial charge in [0.2, 0.25) is 11.6 Å². The molecule has 1 saturated heterocycles.